The molecule has 2 atom stereocenters. The summed E-state index contributed by atoms with van der Waals surface area (Å²) in [6, 6.07) is 70.9. The number of nitrogens with zero attached hydrogens (tertiary/aromatic N) is 3. The zero-order valence-corrected chi connectivity index (χ0v) is 38.7. The van der Waals surface area contributed by atoms with Gasteiger partial charge in [0.25, 0.3) is 6.71 Å². The molecule has 4 aliphatic rings. The summed E-state index contributed by atoms with van der Waals surface area (Å²) in [4.78, 5) is 7.94. The summed E-state index contributed by atoms with van der Waals surface area (Å²) < 4.78 is 0. The maximum atomic E-state index is 2.79. The Balaban J connectivity index is 1.19. The van der Waals surface area contributed by atoms with Crippen molar-refractivity contribution in [3.05, 3.63) is 199 Å². The third kappa shape index (κ3) is 5.95. The molecule has 0 amide bonds. The van der Waals surface area contributed by atoms with Crippen LogP contribution in [0.25, 0.3) is 22.3 Å². The molecular weight excluding hydrogens is 786 g/mol. The number of fused-ring (bicyclic) bond motifs is 7. The van der Waals surface area contributed by atoms with Gasteiger partial charge >= 0.3 is 0 Å². The van der Waals surface area contributed by atoms with Crippen molar-refractivity contribution in [3.8, 4) is 22.3 Å². The van der Waals surface area contributed by atoms with Crippen LogP contribution < -0.4 is 31.1 Å². The maximum absolute atomic E-state index is 2.79. The molecule has 0 saturated heterocycles. The van der Waals surface area contributed by atoms with Crippen molar-refractivity contribution in [1.82, 2.24) is 0 Å². The normalized spacial score (nSPS) is 19.9. The van der Waals surface area contributed by atoms with Crippen molar-refractivity contribution >= 4 is 68.6 Å². The number of rotatable bonds is 5. The Kier molecular flexibility index (Phi) is 8.64. The summed E-state index contributed by atoms with van der Waals surface area (Å²) in [7, 11) is 0. The molecule has 0 bridgehead atoms. The van der Waals surface area contributed by atoms with E-state index in [9.17, 15) is 0 Å². The first kappa shape index (κ1) is 39.8. The van der Waals surface area contributed by atoms with Gasteiger partial charge in [-0.1, -0.05) is 175 Å². The van der Waals surface area contributed by atoms with Crippen LogP contribution in [0.4, 0.5) is 45.5 Å². The highest BCUT2D eigenvalue weighted by Gasteiger charge is 2.64. The molecule has 1 fully saturated rings. The van der Waals surface area contributed by atoms with Crippen LogP contribution in [0.15, 0.2) is 188 Å². The van der Waals surface area contributed by atoms with Gasteiger partial charge < -0.3 is 14.7 Å². The highest BCUT2D eigenvalue weighted by molar-refractivity contribution is 7.00. The quantitative estimate of drug-likeness (QED) is 0.160. The first-order valence-electron chi connectivity index (χ1n) is 23.6. The number of para-hydroxylation sites is 2. The number of hydrogen-bond acceptors (Lipinski definition) is 3. The van der Waals surface area contributed by atoms with Crippen LogP contribution in [0.1, 0.15) is 72.4 Å². The smallest absolute Gasteiger partial charge is 0.252 e. The number of anilines is 8. The van der Waals surface area contributed by atoms with Crippen LogP contribution in [0.2, 0.25) is 0 Å². The fourth-order valence-corrected chi connectivity index (χ4v) is 12.8. The lowest BCUT2D eigenvalue weighted by Crippen LogP contribution is -2.61. The minimum absolute atomic E-state index is 0.0186. The van der Waals surface area contributed by atoms with Gasteiger partial charge in [0.1, 0.15) is 0 Å². The third-order valence-electron chi connectivity index (χ3n) is 15.6. The molecule has 3 nitrogen and oxygen atoms in total. The summed E-state index contributed by atoms with van der Waals surface area (Å²) in [5.41, 5.74) is 21.4. The van der Waals surface area contributed by atoms with Crippen molar-refractivity contribution < 1.29 is 0 Å². The highest BCUT2D eigenvalue weighted by Crippen LogP contribution is 2.67. The van der Waals surface area contributed by atoms with Crippen molar-refractivity contribution in [3.63, 3.8) is 0 Å². The van der Waals surface area contributed by atoms with Gasteiger partial charge in [-0.05, 0) is 135 Å². The molecule has 0 spiro atoms. The zero-order valence-electron chi connectivity index (χ0n) is 38.7. The fourth-order valence-electron chi connectivity index (χ4n) is 12.8. The monoisotopic (exact) mass is 841 g/mol. The van der Waals surface area contributed by atoms with Crippen LogP contribution in [0.5, 0.6) is 0 Å². The Morgan fingerprint density at radius 3 is 1.68 bits per heavy atom. The Bertz CT molecular complexity index is 3170. The predicted octanol–water partition coefficient (Wildman–Crippen LogP) is 14.4. The molecule has 8 aromatic rings. The van der Waals surface area contributed by atoms with E-state index in [2.05, 4.69) is 251 Å². The first-order valence-corrected chi connectivity index (χ1v) is 23.6. The van der Waals surface area contributed by atoms with Crippen LogP contribution in [-0.4, -0.2) is 12.3 Å². The van der Waals surface area contributed by atoms with E-state index in [-0.39, 0.29) is 28.5 Å². The number of hydrogen-bond donors (Lipinski definition) is 0. The lowest BCUT2D eigenvalue weighted by atomic mass is 9.33. The molecule has 0 N–H and O–H groups in total. The summed E-state index contributed by atoms with van der Waals surface area (Å²) in [5.74, 6) is 0. The standard InChI is InChI=1S/C61H56BN3/c1-58(2,3)45-31-33-52-49(36-45)60(6)39-59(4,5)40-61(60,7)65(52)48-37-55-57-56(38-48)64(47-27-19-24-43(34-47)41-20-11-8-12-21-41)54-35-44(42-22-13-9-14-23-42)30-32-51(54)62(57)50-28-17-18-29-53(50)63(55)46-25-15-10-16-26-46/h8-38H,39-40H2,1-7H3. The molecule has 0 aromatic heterocycles. The largest absolute Gasteiger partial charge is 0.334 e. The van der Waals surface area contributed by atoms with E-state index in [1.807, 2.05) is 0 Å². The summed E-state index contributed by atoms with van der Waals surface area (Å²) >= 11 is 0. The molecule has 4 heteroatoms. The second-order valence-electron chi connectivity index (χ2n) is 21.4. The minimum atomic E-state index is -0.176. The Morgan fingerprint density at radius 1 is 0.431 bits per heavy atom. The van der Waals surface area contributed by atoms with Gasteiger partial charge in [-0.2, -0.15) is 0 Å². The molecule has 12 rings (SSSR count). The maximum Gasteiger partial charge on any atom is 0.252 e. The first-order chi connectivity index (χ1) is 31.3. The minimum Gasteiger partial charge on any atom is -0.334 e. The Morgan fingerprint density at radius 2 is 1.00 bits per heavy atom. The van der Waals surface area contributed by atoms with E-state index in [0.29, 0.717) is 0 Å². The molecule has 1 aliphatic carbocycles. The lowest BCUT2D eigenvalue weighted by Gasteiger charge is -2.47. The second-order valence-corrected chi connectivity index (χ2v) is 21.4. The molecule has 8 aromatic carbocycles. The van der Waals surface area contributed by atoms with Gasteiger partial charge in [0, 0.05) is 50.9 Å². The van der Waals surface area contributed by atoms with Crippen LogP contribution in [0, 0.1) is 5.41 Å². The molecule has 0 radical (unpaired) electrons. The third-order valence-corrected chi connectivity index (χ3v) is 15.6. The van der Waals surface area contributed by atoms with Crippen molar-refractivity contribution in [2.24, 2.45) is 5.41 Å². The van der Waals surface area contributed by atoms with Crippen LogP contribution in [-0.2, 0) is 10.8 Å². The average Bonchev–Trinajstić information content (AvgIpc) is 3.62. The van der Waals surface area contributed by atoms with E-state index >= 15 is 0 Å². The van der Waals surface area contributed by atoms with Gasteiger partial charge in [0.15, 0.2) is 0 Å². The molecule has 318 valence electrons. The molecule has 1 saturated carbocycles. The molecular formula is C61H56BN3. The predicted molar refractivity (Wildman–Crippen MR) is 277 cm³/mol. The van der Waals surface area contributed by atoms with Crippen molar-refractivity contribution in [1.29, 1.82) is 0 Å². The SMILES string of the molecule is CC1(C)CC2(C)c3cc(C(C)(C)C)ccc3N(c3cc4c5c(c3)N(c3cccc(-c6ccccc6)c3)c3cc(-c6ccccc6)ccc3B5c3ccccc3N4c3ccccc3)C2(C)C1. The van der Waals surface area contributed by atoms with Crippen molar-refractivity contribution in [2.75, 3.05) is 14.7 Å². The average molecular weight is 842 g/mol. The van der Waals surface area contributed by atoms with Crippen molar-refractivity contribution in [2.45, 2.75) is 77.7 Å². The van der Waals surface area contributed by atoms with E-state index in [4.69, 9.17) is 0 Å². The topological polar surface area (TPSA) is 9.72 Å². The molecule has 2 unspecified atom stereocenters. The molecule has 3 heterocycles. The van der Waals surface area contributed by atoms with E-state index in [0.717, 1.165) is 24.2 Å². The van der Waals surface area contributed by atoms with Gasteiger partial charge in [-0.25, -0.2) is 0 Å². The second kappa shape index (κ2) is 14.1. The Hall–Kier alpha value is -6.78. The fraction of sp³-hybridized carbons (Fsp3) is 0.213. The molecule has 3 aliphatic heterocycles. The zero-order chi connectivity index (χ0) is 44.5. The van der Waals surface area contributed by atoms with Gasteiger partial charge in [0.05, 0.1) is 5.54 Å². The van der Waals surface area contributed by atoms with E-state index < -0.39 is 0 Å². The Labute approximate surface area is 386 Å². The van der Waals surface area contributed by atoms with Crippen LogP contribution >= 0.6 is 0 Å². The lowest BCUT2D eigenvalue weighted by molar-refractivity contribution is 0.330. The van der Waals surface area contributed by atoms with Crippen LogP contribution in [0.3, 0.4) is 0 Å². The van der Waals surface area contributed by atoms with Gasteiger partial charge in [-0.15, -0.1) is 0 Å². The van der Waals surface area contributed by atoms with Gasteiger partial charge in [0.2, 0.25) is 0 Å². The number of benzene rings is 8. The van der Waals surface area contributed by atoms with E-state index in [1.54, 1.807) is 0 Å². The highest BCUT2D eigenvalue weighted by atomic mass is 15.3. The summed E-state index contributed by atoms with van der Waals surface area (Å²) in [6.07, 6.45) is 2.22. The summed E-state index contributed by atoms with van der Waals surface area (Å²) in [5, 5.41) is 0. The summed E-state index contributed by atoms with van der Waals surface area (Å²) in [6.45, 7) is 17.2. The van der Waals surface area contributed by atoms with E-state index in [1.165, 1.54) is 83.9 Å². The molecule has 65 heavy (non-hydrogen) atoms. The van der Waals surface area contributed by atoms with Gasteiger partial charge in [-0.3, -0.25) is 0 Å².